The lowest BCUT2D eigenvalue weighted by molar-refractivity contribution is -0.124. The first-order valence-electron chi connectivity index (χ1n) is 6.19. The first-order chi connectivity index (χ1) is 8.16. The van der Waals surface area contributed by atoms with E-state index in [1.807, 2.05) is 20.2 Å². The average molecular weight is 236 g/mol. The highest BCUT2D eigenvalue weighted by atomic mass is 16.2. The Morgan fingerprint density at radius 3 is 3.06 bits per heavy atom. The van der Waals surface area contributed by atoms with Crippen LogP contribution in [0.3, 0.4) is 0 Å². The minimum Gasteiger partial charge on any atom is -0.348 e. The zero-order chi connectivity index (χ0) is 12.3. The lowest BCUT2D eigenvalue weighted by atomic mass is 10.0. The third-order valence-electron chi connectivity index (χ3n) is 3.21. The van der Waals surface area contributed by atoms with E-state index in [1.165, 1.54) is 6.42 Å². The van der Waals surface area contributed by atoms with E-state index in [9.17, 15) is 4.79 Å². The van der Waals surface area contributed by atoms with Crippen LogP contribution in [0, 0.1) is 0 Å². The zero-order valence-corrected chi connectivity index (χ0v) is 10.4. The maximum Gasteiger partial charge on any atom is 0.237 e. The summed E-state index contributed by atoms with van der Waals surface area (Å²) in [5, 5.41) is 10.4. The van der Waals surface area contributed by atoms with Crippen LogP contribution in [-0.4, -0.2) is 28.3 Å². The third kappa shape index (κ3) is 3.06. The Morgan fingerprint density at radius 1 is 1.65 bits per heavy atom. The molecule has 94 valence electrons. The Bertz CT molecular complexity index is 382. The van der Waals surface area contributed by atoms with Crippen LogP contribution in [0.2, 0.25) is 0 Å². The number of rotatable bonds is 3. The fraction of sp³-hybridized carbons (Fsp3) is 0.667. The number of piperidine rings is 1. The summed E-state index contributed by atoms with van der Waals surface area (Å²) >= 11 is 0. The molecule has 1 unspecified atom stereocenters. The van der Waals surface area contributed by atoms with Gasteiger partial charge in [-0.05, 0) is 26.3 Å². The molecule has 0 saturated carbocycles. The van der Waals surface area contributed by atoms with Crippen LogP contribution >= 0.6 is 0 Å². The smallest absolute Gasteiger partial charge is 0.237 e. The van der Waals surface area contributed by atoms with Gasteiger partial charge in [0.1, 0.15) is 0 Å². The fourth-order valence-corrected chi connectivity index (χ4v) is 2.14. The number of aryl methyl sites for hydroxylation is 1. The predicted octanol–water partition coefficient (Wildman–Crippen LogP) is 0.739. The molecule has 2 atom stereocenters. The van der Waals surface area contributed by atoms with E-state index in [1.54, 1.807) is 10.9 Å². The van der Waals surface area contributed by atoms with Crippen molar-refractivity contribution in [1.82, 2.24) is 20.4 Å². The highest BCUT2D eigenvalue weighted by Crippen LogP contribution is 2.12. The second-order valence-corrected chi connectivity index (χ2v) is 4.68. The Labute approximate surface area is 102 Å². The van der Waals surface area contributed by atoms with Crippen LogP contribution in [-0.2, 0) is 11.8 Å². The minimum absolute atomic E-state index is 0.0138. The molecule has 0 bridgehead atoms. The molecule has 1 fully saturated rings. The molecule has 0 aromatic carbocycles. The molecule has 0 radical (unpaired) electrons. The molecule has 5 nitrogen and oxygen atoms in total. The first kappa shape index (κ1) is 12.1. The highest BCUT2D eigenvalue weighted by Gasteiger charge is 2.22. The second-order valence-electron chi connectivity index (χ2n) is 4.68. The van der Waals surface area contributed by atoms with Gasteiger partial charge in [0.2, 0.25) is 5.91 Å². The van der Waals surface area contributed by atoms with E-state index in [4.69, 9.17) is 0 Å². The van der Waals surface area contributed by atoms with Gasteiger partial charge in [0, 0.05) is 18.8 Å². The van der Waals surface area contributed by atoms with Crippen molar-refractivity contribution in [2.45, 2.75) is 38.3 Å². The SMILES string of the molecule is CC(NC(=O)[C@@H]1CCCCN1)c1cnn(C)c1. The Balaban J connectivity index is 1.89. The Morgan fingerprint density at radius 2 is 2.47 bits per heavy atom. The monoisotopic (exact) mass is 236 g/mol. The topological polar surface area (TPSA) is 59.0 Å². The molecule has 5 heteroatoms. The zero-order valence-electron chi connectivity index (χ0n) is 10.4. The van der Waals surface area contributed by atoms with E-state index in [-0.39, 0.29) is 18.0 Å². The number of hydrogen-bond acceptors (Lipinski definition) is 3. The lowest BCUT2D eigenvalue weighted by Gasteiger charge is -2.24. The molecule has 2 heterocycles. The largest absolute Gasteiger partial charge is 0.348 e. The average Bonchev–Trinajstić information content (AvgIpc) is 2.77. The molecular formula is C12H20N4O. The maximum absolute atomic E-state index is 12.0. The van der Waals surface area contributed by atoms with Crippen molar-refractivity contribution in [3.63, 3.8) is 0 Å². The van der Waals surface area contributed by atoms with E-state index in [2.05, 4.69) is 15.7 Å². The summed E-state index contributed by atoms with van der Waals surface area (Å²) in [6.45, 7) is 2.93. The molecule has 2 rings (SSSR count). The van der Waals surface area contributed by atoms with E-state index in [0.717, 1.165) is 24.9 Å². The lowest BCUT2D eigenvalue weighted by Crippen LogP contribution is -2.47. The van der Waals surface area contributed by atoms with Crippen molar-refractivity contribution < 1.29 is 4.79 Å². The summed E-state index contributed by atoms with van der Waals surface area (Å²) in [5.41, 5.74) is 1.04. The molecule has 2 N–H and O–H groups in total. The normalized spacial score (nSPS) is 22.1. The molecule has 1 aromatic rings. The maximum atomic E-state index is 12.0. The van der Waals surface area contributed by atoms with E-state index in [0.29, 0.717) is 0 Å². The van der Waals surface area contributed by atoms with Gasteiger partial charge >= 0.3 is 0 Å². The van der Waals surface area contributed by atoms with Gasteiger partial charge in [0.05, 0.1) is 18.3 Å². The van der Waals surface area contributed by atoms with Crippen molar-refractivity contribution in [2.75, 3.05) is 6.54 Å². The second kappa shape index (κ2) is 5.31. The number of carbonyl (C=O) groups is 1. The molecule has 0 spiro atoms. The van der Waals surface area contributed by atoms with Crippen molar-refractivity contribution >= 4 is 5.91 Å². The summed E-state index contributed by atoms with van der Waals surface area (Å²) in [5.74, 6) is 0.0982. The van der Waals surface area contributed by atoms with Gasteiger partial charge in [-0.1, -0.05) is 6.42 Å². The summed E-state index contributed by atoms with van der Waals surface area (Å²) in [6, 6.07) is -0.0113. The summed E-state index contributed by atoms with van der Waals surface area (Å²) in [6.07, 6.45) is 6.96. The number of nitrogens with one attached hydrogen (secondary N) is 2. The van der Waals surface area contributed by atoms with E-state index >= 15 is 0 Å². The van der Waals surface area contributed by atoms with E-state index < -0.39 is 0 Å². The van der Waals surface area contributed by atoms with Gasteiger partial charge < -0.3 is 10.6 Å². The molecule has 1 amide bonds. The molecule has 1 aliphatic heterocycles. The van der Waals surface area contributed by atoms with Crippen molar-refractivity contribution in [2.24, 2.45) is 7.05 Å². The number of amides is 1. The number of aromatic nitrogens is 2. The molecule has 1 aliphatic rings. The quantitative estimate of drug-likeness (QED) is 0.814. The Kier molecular flexibility index (Phi) is 3.78. The first-order valence-corrected chi connectivity index (χ1v) is 6.19. The minimum atomic E-state index is -0.0251. The van der Waals surface area contributed by atoms with Crippen molar-refractivity contribution in [1.29, 1.82) is 0 Å². The van der Waals surface area contributed by atoms with Gasteiger partial charge in [0.15, 0.2) is 0 Å². The molecular weight excluding hydrogens is 216 g/mol. The number of nitrogens with zero attached hydrogens (tertiary/aromatic N) is 2. The van der Waals surface area contributed by atoms with Crippen LogP contribution < -0.4 is 10.6 Å². The summed E-state index contributed by atoms with van der Waals surface area (Å²) in [4.78, 5) is 12.0. The standard InChI is InChI=1S/C12H20N4O/c1-9(10-7-14-16(2)8-10)15-12(17)11-5-3-4-6-13-11/h7-9,11,13H,3-6H2,1-2H3,(H,15,17)/t9?,11-/m0/s1. The van der Waals surface area contributed by atoms with Crippen molar-refractivity contribution in [3.8, 4) is 0 Å². The van der Waals surface area contributed by atoms with Crippen LogP contribution in [0.4, 0.5) is 0 Å². The van der Waals surface area contributed by atoms with Crippen LogP contribution in [0.25, 0.3) is 0 Å². The van der Waals surface area contributed by atoms with Gasteiger partial charge in [-0.3, -0.25) is 9.48 Å². The van der Waals surface area contributed by atoms with Gasteiger partial charge in [-0.25, -0.2) is 0 Å². The van der Waals surface area contributed by atoms with Crippen LogP contribution in [0.1, 0.15) is 37.8 Å². The third-order valence-corrected chi connectivity index (χ3v) is 3.21. The summed E-state index contributed by atoms with van der Waals surface area (Å²) in [7, 11) is 1.88. The van der Waals surface area contributed by atoms with Gasteiger partial charge in [0.25, 0.3) is 0 Å². The van der Waals surface area contributed by atoms with Gasteiger partial charge in [-0.2, -0.15) is 5.10 Å². The molecule has 1 aromatic heterocycles. The predicted molar refractivity (Wildman–Crippen MR) is 65.4 cm³/mol. The highest BCUT2D eigenvalue weighted by molar-refractivity contribution is 5.82. The molecule has 1 saturated heterocycles. The number of carbonyl (C=O) groups excluding carboxylic acids is 1. The van der Waals surface area contributed by atoms with Crippen LogP contribution in [0.15, 0.2) is 12.4 Å². The van der Waals surface area contributed by atoms with Crippen LogP contribution in [0.5, 0.6) is 0 Å². The number of hydrogen-bond donors (Lipinski definition) is 2. The fourth-order valence-electron chi connectivity index (χ4n) is 2.14. The molecule has 0 aliphatic carbocycles. The van der Waals surface area contributed by atoms with Crippen molar-refractivity contribution in [3.05, 3.63) is 18.0 Å². The summed E-state index contributed by atoms with van der Waals surface area (Å²) < 4.78 is 1.75. The Hall–Kier alpha value is -1.36. The molecule has 17 heavy (non-hydrogen) atoms. The van der Waals surface area contributed by atoms with Gasteiger partial charge in [-0.15, -0.1) is 0 Å².